The van der Waals surface area contributed by atoms with Crippen molar-refractivity contribution < 1.29 is 51.6 Å². The number of phosphoric acid groups is 1. The third kappa shape index (κ3) is 21.8. The van der Waals surface area contributed by atoms with E-state index in [0.29, 0.717) is 28.8 Å². The number of rotatable bonds is 37. The zero-order valence-corrected chi connectivity index (χ0v) is 47.9. The lowest BCUT2D eigenvalue weighted by Gasteiger charge is -2.58. The molecule has 1 N–H and O–H groups in total. The first-order chi connectivity index (χ1) is 33.8. The summed E-state index contributed by atoms with van der Waals surface area (Å²) in [6, 6.07) is 0. The van der Waals surface area contributed by atoms with E-state index in [1.54, 1.807) is 0 Å². The van der Waals surface area contributed by atoms with Crippen molar-refractivity contribution in [2.45, 2.75) is 253 Å². The second-order valence-electron chi connectivity index (χ2n) is 25.0. The van der Waals surface area contributed by atoms with E-state index in [1.165, 1.54) is 134 Å². The highest BCUT2D eigenvalue weighted by Crippen LogP contribution is 2.67. The van der Waals surface area contributed by atoms with E-state index in [0.717, 1.165) is 74.5 Å². The molecule has 10 atom stereocenters. The molecule has 0 aromatic rings. The van der Waals surface area contributed by atoms with Crippen LogP contribution in [0.4, 0.5) is 0 Å². The molecule has 2 unspecified atom stereocenters. The number of ether oxygens (including phenoxy) is 3. The number of esters is 3. The third-order valence-corrected chi connectivity index (χ3v) is 18.7. The van der Waals surface area contributed by atoms with E-state index in [4.69, 9.17) is 23.3 Å². The number of likely N-dealkylation sites (N-methyl/N-ethyl adjacent to an activating group) is 1. The van der Waals surface area contributed by atoms with Crippen LogP contribution in [0.1, 0.15) is 241 Å². The van der Waals surface area contributed by atoms with E-state index in [9.17, 15) is 23.8 Å². The standard InChI is InChI=1S/C59H106NO10P/c1-10-11-12-13-14-15-16-17-18-19-20-21-22-23-24-25-26-30-55(61)66-44-50(45-68-71(64,65)67-42-41-60(7,8)9)70-57(63)36-35-56(62)69-49-37-39-58(5)48(43-49)31-32-51-53-34-33-52(47(4)29-27-28-46(2)3)59(53,6)40-38-54(51)58/h31,46-47,49-54H,10-30,32-45H2,1-9H3/p+1/t47-,49+,50?,51+,52-,53+,54+,58+,59-/m1/s1. The Morgan fingerprint density at radius 1 is 0.704 bits per heavy atom. The van der Waals surface area contributed by atoms with Crippen molar-refractivity contribution in [3.05, 3.63) is 11.6 Å². The summed E-state index contributed by atoms with van der Waals surface area (Å²) >= 11 is 0. The maximum atomic E-state index is 13.2. The summed E-state index contributed by atoms with van der Waals surface area (Å²) in [5.74, 6) is 3.02. The predicted octanol–water partition coefficient (Wildman–Crippen LogP) is 15.1. The Bertz CT molecular complexity index is 1650. The van der Waals surface area contributed by atoms with E-state index < -0.39 is 38.4 Å². The average Bonchev–Trinajstić information content (AvgIpc) is 3.67. The maximum Gasteiger partial charge on any atom is 0.472 e. The Labute approximate surface area is 434 Å². The highest BCUT2D eigenvalue weighted by molar-refractivity contribution is 7.47. The Kier molecular flexibility index (Phi) is 27.2. The molecule has 412 valence electrons. The molecule has 3 fully saturated rings. The van der Waals surface area contributed by atoms with Gasteiger partial charge in [0.15, 0.2) is 6.10 Å². The lowest BCUT2D eigenvalue weighted by Crippen LogP contribution is -2.51. The largest absolute Gasteiger partial charge is 0.472 e. The third-order valence-electron chi connectivity index (χ3n) is 17.7. The molecule has 0 radical (unpaired) electrons. The highest BCUT2D eigenvalue weighted by Gasteiger charge is 2.59. The van der Waals surface area contributed by atoms with E-state index >= 15 is 0 Å². The van der Waals surface area contributed by atoms with Gasteiger partial charge >= 0.3 is 25.7 Å². The molecule has 0 aromatic carbocycles. The fourth-order valence-electron chi connectivity index (χ4n) is 13.5. The molecule has 0 aliphatic heterocycles. The molecule has 71 heavy (non-hydrogen) atoms. The Morgan fingerprint density at radius 3 is 1.92 bits per heavy atom. The SMILES string of the molecule is CCCCCCCCCCCCCCCCCCCC(=O)OCC(COP(=O)(O)OCC[N+](C)(C)C)OC(=O)CCC(=O)O[C@H]1CC[C@@]2(C)C(=CC[C@H]3[C@@H]4CC[C@H]([C@H](C)CCCC(C)C)[C@@]4(C)CC[C@@H]32)C1. The second-order valence-corrected chi connectivity index (χ2v) is 26.4. The van der Waals surface area contributed by atoms with Gasteiger partial charge in [-0.1, -0.05) is 175 Å². The van der Waals surface area contributed by atoms with Crippen molar-refractivity contribution in [1.29, 1.82) is 0 Å². The van der Waals surface area contributed by atoms with Crippen molar-refractivity contribution in [1.82, 2.24) is 0 Å². The number of hydrogen-bond donors (Lipinski definition) is 1. The Morgan fingerprint density at radius 2 is 1.31 bits per heavy atom. The van der Waals surface area contributed by atoms with Gasteiger partial charge in [-0.25, -0.2) is 4.57 Å². The van der Waals surface area contributed by atoms with Crippen molar-refractivity contribution in [2.75, 3.05) is 47.5 Å². The van der Waals surface area contributed by atoms with Crippen LogP contribution in [0.5, 0.6) is 0 Å². The van der Waals surface area contributed by atoms with Crippen LogP contribution in [0.2, 0.25) is 0 Å². The monoisotopic (exact) mass is 1020 g/mol. The molecule has 4 aliphatic carbocycles. The zero-order valence-electron chi connectivity index (χ0n) is 47.0. The molecule has 0 amide bonds. The van der Waals surface area contributed by atoms with Gasteiger partial charge in [0, 0.05) is 12.8 Å². The van der Waals surface area contributed by atoms with Crippen molar-refractivity contribution in [2.24, 2.45) is 46.3 Å². The van der Waals surface area contributed by atoms with Crippen LogP contribution in [0.15, 0.2) is 11.6 Å². The molecule has 0 aromatic heterocycles. The van der Waals surface area contributed by atoms with E-state index in [-0.39, 0.29) is 44.0 Å². The van der Waals surface area contributed by atoms with Gasteiger partial charge in [0.1, 0.15) is 25.9 Å². The van der Waals surface area contributed by atoms with Crippen LogP contribution in [-0.4, -0.2) is 87.0 Å². The molecule has 0 spiro atoms. The van der Waals surface area contributed by atoms with Gasteiger partial charge in [0.05, 0.1) is 40.6 Å². The minimum atomic E-state index is -4.49. The summed E-state index contributed by atoms with van der Waals surface area (Å²) in [4.78, 5) is 49.5. The van der Waals surface area contributed by atoms with Crippen molar-refractivity contribution >= 4 is 25.7 Å². The van der Waals surface area contributed by atoms with E-state index in [2.05, 4.69) is 47.6 Å². The van der Waals surface area contributed by atoms with Crippen LogP contribution in [-0.2, 0) is 42.2 Å². The van der Waals surface area contributed by atoms with Gasteiger partial charge in [-0.2, -0.15) is 0 Å². The number of allylic oxidation sites excluding steroid dienone is 1. The second kappa shape index (κ2) is 31.3. The number of phosphoric ester groups is 1. The normalized spacial score (nSPS) is 26.9. The molecule has 11 nitrogen and oxygen atoms in total. The zero-order chi connectivity index (χ0) is 51.9. The van der Waals surface area contributed by atoms with Gasteiger partial charge < -0.3 is 23.6 Å². The summed E-state index contributed by atoms with van der Waals surface area (Å²) in [5.41, 5.74) is 2.03. The number of carbonyl (C=O) groups excluding carboxylic acids is 3. The average molecular weight is 1020 g/mol. The number of carbonyl (C=O) groups is 3. The molecule has 3 saturated carbocycles. The fraction of sp³-hybridized carbons (Fsp3) is 0.915. The predicted molar refractivity (Wildman–Crippen MR) is 286 cm³/mol. The van der Waals surface area contributed by atoms with Crippen LogP contribution in [0.25, 0.3) is 0 Å². The molecule has 4 rings (SSSR count). The number of unbranched alkanes of at least 4 members (excludes halogenated alkanes) is 16. The molecule has 0 heterocycles. The highest BCUT2D eigenvalue weighted by atomic mass is 31.2. The number of fused-ring (bicyclic) bond motifs is 5. The van der Waals surface area contributed by atoms with Gasteiger partial charge in [0.2, 0.25) is 0 Å². The minimum Gasteiger partial charge on any atom is -0.462 e. The lowest BCUT2D eigenvalue weighted by molar-refractivity contribution is -0.870. The fourth-order valence-corrected chi connectivity index (χ4v) is 14.2. The number of hydrogen-bond acceptors (Lipinski definition) is 9. The van der Waals surface area contributed by atoms with Crippen LogP contribution < -0.4 is 0 Å². The minimum absolute atomic E-state index is 0.0185. The topological polar surface area (TPSA) is 135 Å². The summed E-state index contributed by atoms with van der Waals surface area (Å²) in [5, 5.41) is 0. The summed E-state index contributed by atoms with van der Waals surface area (Å²) in [7, 11) is 1.32. The molecule has 12 heteroatoms. The first-order valence-corrected chi connectivity index (χ1v) is 30.9. The van der Waals surface area contributed by atoms with Crippen LogP contribution >= 0.6 is 7.82 Å². The lowest BCUT2D eigenvalue weighted by atomic mass is 9.47. The smallest absolute Gasteiger partial charge is 0.462 e. The first-order valence-electron chi connectivity index (χ1n) is 29.4. The van der Waals surface area contributed by atoms with Gasteiger partial charge in [0.25, 0.3) is 0 Å². The quantitative estimate of drug-likeness (QED) is 0.0160. The van der Waals surface area contributed by atoms with Crippen molar-refractivity contribution in [3.63, 3.8) is 0 Å². The first kappa shape index (κ1) is 61.8. The maximum absolute atomic E-state index is 13.2. The molecule has 0 bridgehead atoms. The summed E-state index contributed by atoms with van der Waals surface area (Å²) in [6.45, 7) is 14.2. The number of nitrogens with zero attached hydrogens (tertiary/aromatic N) is 1. The van der Waals surface area contributed by atoms with Crippen LogP contribution in [0, 0.1) is 46.3 Å². The van der Waals surface area contributed by atoms with Crippen molar-refractivity contribution in [3.8, 4) is 0 Å². The van der Waals surface area contributed by atoms with Crippen LogP contribution in [0.3, 0.4) is 0 Å². The summed E-state index contributed by atoms with van der Waals surface area (Å²) < 4.78 is 40.7. The molecule has 4 aliphatic rings. The molecular formula is C59H107NO10P+. The Hall–Kier alpha value is -1.78. The number of quaternary nitrogens is 1. The van der Waals surface area contributed by atoms with E-state index in [1.807, 2.05) is 21.1 Å². The summed E-state index contributed by atoms with van der Waals surface area (Å²) in [6.07, 6.45) is 35.4. The van der Waals surface area contributed by atoms with Gasteiger partial charge in [-0.15, -0.1) is 0 Å². The molecular weight excluding hydrogens is 914 g/mol. The Balaban J connectivity index is 1.16. The van der Waals surface area contributed by atoms with Gasteiger partial charge in [-0.05, 0) is 97.7 Å². The van der Waals surface area contributed by atoms with Gasteiger partial charge in [-0.3, -0.25) is 23.4 Å². The molecule has 0 saturated heterocycles.